The molecule has 1 N–H and O–H groups in total. The molecule has 1 aliphatic heterocycles. The number of hydrogen-bond donors (Lipinski definition) is 1. The second kappa shape index (κ2) is 9.80. The number of likely N-dealkylation sites (tertiary alicyclic amines) is 1. The Morgan fingerprint density at radius 2 is 1.78 bits per heavy atom. The number of hydrogen-bond acceptors (Lipinski definition) is 2. The standard InChI is InChI=1S/C16H34N2/c1-4-7-9-15-12-16(17-10-6-3)14-18(13-15)11-8-5-2/h15-17H,4-14H2,1-3H3. The monoisotopic (exact) mass is 254 g/mol. The van der Waals surface area contributed by atoms with E-state index in [2.05, 4.69) is 31.0 Å². The van der Waals surface area contributed by atoms with Crippen molar-refractivity contribution in [1.82, 2.24) is 10.2 Å². The van der Waals surface area contributed by atoms with Crippen LogP contribution in [-0.4, -0.2) is 37.1 Å². The van der Waals surface area contributed by atoms with Gasteiger partial charge in [0.2, 0.25) is 0 Å². The average Bonchev–Trinajstić information content (AvgIpc) is 2.40. The minimum Gasteiger partial charge on any atom is -0.313 e. The zero-order chi connectivity index (χ0) is 13.2. The number of nitrogens with one attached hydrogen (secondary N) is 1. The van der Waals surface area contributed by atoms with Gasteiger partial charge in [0.1, 0.15) is 0 Å². The van der Waals surface area contributed by atoms with Crippen LogP contribution in [-0.2, 0) is 0 Å². The van der Waals surface area contributed by atoms with Crippen LogP contribution in [0, 0.1) is 5.92 Å². The van der Waals surface area contributed by atoms with Crippen molar-refractivity contribution in [3.8, 4) is 0 Å². The number of nitrogens with zero attached hydrogens (tertiary/aromatic N) is 1. The highest BCUT2D eigenvalue weighted by Gasteiger charge is 2.25. The Kier molecular flexibility index (Phi) is 8.70. The van der Waals surface area contributed by atoms with E-state index in [1.54, 1.807) is 0 Å². The molecule has 0 bridgehead atoms. The maximum atomic E-state index is 3.74. The van der Waals surface area contributed by atoms with Crippen LogP contribution in [0.4, 0.5) is 0 Å². The Morgan fingerprint density at radius 1 is 1.00 bits per heavy atom. The molecule has 108 valence electrons. The molecular weight excluding hydrogens is 220 g/mol. The van der Waals surface area contributed by atoms with Crippen LogP contribution < -0.4 is 5.32 Å². The van der Waals surface area contributed by atoms with Crippen molar-refractivity contribution in [3.63, 3.8) is 0 Å². The summed E-state index contributed by atoms with van der Waals surface area (Å²) < 4.78 is 0. The molecule has 0 saturated carbocycles. The van der Waals surface area contributed by atoms with Crippen LogP contribution in [0.25, 0.3) is 0 Å². The minimum absolute atomic E-state index is 0.748. The lowest BCUT2D eigenvalue weighted by atomic mass is 9.89. The third kappa shape index (κ3) is 6.19. The van der Waals surface area contributed by atoms with E-state index >= 15 is 0 Å². The lowest BCUT2D eigenvalue weighted by Crippen LogP contribution is -2.49. The molecule has 0 aromatic heterocycles. The molecule has 0 aromatic carbocycles. The van der Waals surface area contributed by atoms with Gasteiger partial charge >= 0.3 is 0 Å². The molecule has 0 spiro atoms. The number of unbranched alkanes of at least 4 members (excludes halogenated alkanes) is 2. The van der Waals surface area contributed by atoms with Crippen molar-refractivity contribution in [3.05, 3.63) is 0 Å². The lowest BCUT2D eigenvalue weighted by molar-refractivity contribution is 0.133. The first-order chi connectivity index (χ1) is 8.80. The Bertz CT molecular complexity index is 154. The van der Waals surface area contributed by atoms with E-state index in [0.717, 1.165) is 12.0 Å². The van der Waals surface area contributed by atoms with Crippen molar-refractivity contribution in [2.24, 2.45) is 5.92 Å². The van der Waals surface area contributed by atoms with Gasteiger partial charge in [-0.2, -0.15) is 0 Å². The highest BCUT2D eigenvalue weighted by molar-refractivity contribution is 4.83. The van der Waals surface area contributed by atoms with Crippen LogP contribution >= 0.6 is 0 Å². The molecule has 0 aromatic rings. The molecule has 2 nitrogen and oxygen atoms in total. The third-order valence-electron chi connectivity index (χ3n) is 4.09. The smallest absolute Gasteiger partial charge is 0.0198 e. The Hall–Kier alpha value is -0.0800. The molecule has 18 heavy (non-hydrogen) atoms. The summed E-state index contributed by atoms with van der Waals surface area (Å²) in [6.07, 6.45) is 9.53. The van der Waals surface area contributed by atoms with Gasteiger partial charge in [-0.15, -0.1) is 0 Å². The van der Waals surface area contributed by atoms with Gasteiger partial charge in [-0.05, 0) is 44.7 Å². The first kappa shape index (κ1) is 16.0. The van der Waals surface area contributed by atoms with Crippen molar-refractivity contribution >= 4 is 0 Å². The second-order valence-corrected chi connectivity index (χ2v) is 6.01. The summed E-state index contributed by atoms with van der Waals surface area (Å²) in [5, 5.41) is 3.74. The molecule has 0 amide bonds. The molecule has 1 saturated heterocycles. The van der Waals surface area contributed by atoms with Crippen molar-refractivity contribution < 1.29 is 0 Å². The first-order valence-electron chi connectivity index (χ1n) is 8.25. The van der Waals surface area contributed by atoms with E-state index in [1.807, 2.05) is 0 Å². The van der Waals surface area contributed by atoms with E-state index in [9.17, 15) is 0 Å². The van der Waals surface area contributed by atoms with Gasteiger partial charge in [-0.1, -0.05) is 40.0 Å². The van der Waals surface area contributed by atoms with Crippen LogP contribution in [0.2, 0.25) is 0 Å². The fourth-order valence-corrected chi connectivity index (χ4v) is 3.07. The van der Waals surface area contributed by atoms with E-state index in [0.29, 0.717) is 0 Å². The fraction of sp³-hybridized carbons (Fsp3) is 1.00. The van der Waals surface area contributed by atoms with Gasteiger partial charge < -0.3 is 10.2 Å². The van der Waals surface area contributed by atoms with Crippen molar-refractivity contribution in [2.75, 3.05) is 26.2 Å². The minimum atomic E-state index is 0.748. The largest absolute Gasteiger partial charge is 0.313 e. The maximum Gasteiger partial charge on any atom is 0.0198 e. The molecule has 2 atom stereocenters. The van der Waals surface area contributed by atoms with Crippen LogP contribution in [0.1, 0.15) is 65.7 Å². The van der Waals surface area contributed by atoms with Crippen molar-refractivity contribution in [2.45, 2.75) is 71.8 Å². The van der Waals surface area contributed by atoms with Gasteiger partial charge in [0.05, 0.1) is 0 Å². The van der Waals surface area contributed by atoms with Crippen molar-refractivity contribution in [1.29, 1.82) is 0 Å². The zero-order valence-electron chi connectivity index (χ0n) is 12.9. The summed E-state index contributed by atoms with van der Waals surface area (Å²) in [7, 11) is 0. The molecule has 2 unspecified atom stereocenters. The molecule has 1 fully saturated rings. The van der Waals surface area contributed by atoms with Crippen LogP contribution in [0.15, 0.2) is 0 Å². The maximum absolute atomic E-state index is 3.74. The highest BCUT2D eigenvalue weighted by atomic mass is 15.2. The van der Waals surface area contributed by atoms with Gasteiger partial charge in [0.25, 0.3) is 0 Å². The topological polar surface area (TPSA) is 15.3 Å². The quantitative estimate of drug-likeness (QED) is 0.675. The third-order valence-corrected chi connectivity index (χ3v) is 4.09. The molecule has 1 rings (SSSR count). The summed E-state index contributed by atoms with van der Waals surface area (Å²) in [6.45, 7) is 12.0. The molecule has 2 heteroatoms. The summed E-state index contributed by atoms with van der Waals surface area (Å²) >= 11 is 0. The van der Waals surface area contributed by atoms with Gasteiger partial charge in [-0.25, -0.2) is 0 Å². The number of rotatable bonds is 9. The predicted molar refractivity (Wildman–Crippen MR) is 81.1 cm³/mol. The predicted octanol–water partition coefficient (Wildman–Crippen LogP) is 3.67. The average molecular weight is 254 g/mol. The summed E-state index contributed by atoms with van der Waals surface area (Å²) in [5.41, 5.74) is 0. The summed E-state index contributed by atoms with van der Waals surface area (Å²) in [6, 6.07) is 0.748. The Morgan fingerprint density at radius 3 is 2.44 bits per heavy atom. The summed E-state index contributed by atoms with van der Waals surface area (Å²) in [5.74, 6) is 0.935. The Labute approximate surface area is 115 Å². The van der Waals surface area contributed by atoms with E-state index in [4.69, 9.17) is 0 Å². The second-order valence-electron chi connectivity index (χ2n) is 6.01. The number of piperidine rings is 1. The van der Waals surface area contributed by atoms with Gasteiger partial charge in [-0.3, -0.25) is 0 Å². The molecular formula is C16H34N2. The molecule has 0 radical (unpaired) electrons. The SMILES string of the molecule is CCCCC1CC(NCCC)CN(CCCC)C1. The van der Waals surface area contributed by atoms with Crippen LogP contribution in [0.3, 0.4) is 0 Å². The van der Waals surface area contributed by atoms with E-state index < -0.39 is 0 Å². The van der Waals surface area contributed by atoms with Crippen LogP contribution in [0.5, 0.6) is 0 Å². The molecule has 0 aliphatic carbocycles. The van der Waals surface area contributed by atoms with E-state index in [1.165, 1.54) is 71.1 Å². The molecule has 1 aliphatic rings. The fourth-order valence-electron chi connectivity index (χ4n) is 3.07. The van der Waals surface area contributed by atoms with E-state index in [-0.39, 0.29) is 0 Å². The first-order valence-corrected chi connectivity index (χ1v) is 8.25. The lowest BCUT2D eigenvalue weighted by Gasteiger charge is -2.38. The van der Waals surface area contributed by atoms with Gasteiger partial charge in [0.15, 0.2) is 0 Å². The Balaban J connectivity index is 2.38. The highest BCUT2D eigenvalue weighted by Crippen LogP contribution is 2.22. The molecule has 1 heterocycles. The zero-order valence-corrected chi connectivity index (χ0v) is 12.9. The normalized spacial score (nSPS) is 25.5. The summed E-state index contributed by atoms with van der Waals surface area (Å²) in [4.78, 5) is 2.71. The van der Waals surface area contributed by atoms with Gasteiger partial charge in [0, 0.05) is 19.1 Å².